The number of ether oxygens (including phenoxy) is 2. The molecule has 154 valence electrons. The minimum Gasteiger partial charge on any atom is -0.385 e. The van der Waals surface area contributed by atoms with Crippen molar-refractivity contribution >= 4 is 28.6 Å². The Labute approximate surface area is 169 Å². The van der Waals surface area contributed by atoms with Crippen LogP contribution in [0.25, 0.3) is 10.9 Å². The standard InChI is InChI=1S/C20H29N3O4S/c1-15(2)27-13-6-10-21-18(24)14-28-20-22-17-9-5-4-8-16(17)19(25)23(20)11-7-12-26-3/h4-5,8-9,15H,6-7,10-14H2,1-3H3,(H,21,24). The predicted octanol–water partition coefficient (Wildman–Crippen LogP) is 2.46. The number of amides is 1. The lowest BCUT2D eigenvalue weighted by atomic mass is 10.2. The highest BCUT2D eigenvalue weighted by atomic mass is 32.2. The van der Waals surface area contributed by atoms with Gasteiger partial charge in [0.15, 0.2) is 5.16 Å². The first-order valence-electron chi connectivity index (χ1n) is 9.52. The number of thioether (sulfide) groups is 1. The largest absolute Gasteiger partial charge is 0.385 e. The second-order valence-corrected chi connectivity index (χ2v) is 7.57. The summed E-state index contributed by atoms with van der Waals surface area (Å²) < 4.78 is 12.2. The Kier molecular flexibility index (Phi) is 9.46. The molecule has 2 rings (SSSR count). The summed E-state index contributed by atoms with van der Waals surface area (Å²) in [5.74, 6) is 0.125. The number of nitrogens with one attached hydrogen (secondary N) is 1. The topological polar surface area (TPSA) is 82.4 Å². The van der Waals surface area contributed by atoms with Gasteiger partial charge in [0.05, 0.1) is 22.8 Å². The minimum atomic E-state index is -0.0876. The molecule has 0 unspecified atom stereocenters. The number of para-hydroxylation sites is 1. The fraction of sp³-hybridized carbons (Fsp3) is 0.550. The van der Waals surface area contributed by atoms with Gasteiger partial charge in [-0.25, -0.2) is 4.98 Å². The molecule has 1 amide bonds. The van der Waals surface area contributed by atoms with Crippen LogP contribution in [0.4, 0.5) is 0 Å². The van der Waals surface area contributed by atoms with Gasteiger partial charge in [0.25, 0.3) is 5.56 Å². The lowest BCUT2D eigenvalue weighted by Gasteiger charge is -2.13. The van der Waals surface area contributed by atoms with Gasteiger partial charge in [-0.3, -0.25) is 14.2 Å². The highest BCUT2D eigenvalue weighted by Gasteiger charge is 2.13. The molecule has 0 aliphatic rings. The summed E-state index contributed by atoms with van der Waals surface area (Å²) in [4.78, 5) is 29.6. The van der Waals surface area contributed by atoms with Gasteiger partial charge in [0.1, 0.15) is 0 Å². The van der Waals surface area contributed by atoms with E-state index in [1.165, 1.54) is 11.8 Å². The van der Waals surface area contributed by atoms with Gasteiger partial charge in [-0.1, -0.05) is 23.9 Å². The number of hydrogen-bond donors (Lipinski definition) is 1. The number of nitrogens with zero attached hydrogens (tertiary/aromatic N) is 2. The second kappa shape index (κ2) is 11.8. The lowest BCUT2D eigenvalue weighted by Crippen LogP contribution is -2.28. The number of carbonyl (C=O) groups is 1. The number of aromatic nitrogens is 2. The fourth-order valence-corrected chi connectivity index (χ4v) is 3.48. The predicted molar refractivity (Wildman–Crippen MR) is 112 cm³/mol. The molecule has 1 aromatic carbocycles. The zero-order valence-electron chi connectivity index (χ0n) is 16.8. The highest BCUT2D eigenvalue weighted by Crippen LogP contribution is 2.18. The number of carbonyl (C=O) groups excluding carboxylic acids is 1. The molecule has 0 spiro atoms. The van der Waals surface area contributed by atoms with E-state index in [4.69, 9.17) is 9.47 Å². The summed E-state index contributed by atoms with van der Waals surface area (Å²) in [7, 11) is 1.63. The van der Waals surface area contributed by atoms with E-state index in [1.54, 1.807) is 17.7 Å². The molecule has 2 aromatic rings. The van der Waals surface area contributed by atoms with E-state index in [0.717, 1.165) is 6.42 Å². The van der Waals surface area contributed by atoms with Crippen molar-refractivity contribution in [3.8, 4) is 0 Å². The molecular formula is C20H29N3O4S. The molecule has 0 aliphatic carbocycles. The molecule has 1 N–H and O–H groups in total. The number of fused-ring (bicyclic) bond motifs is 1. The van der Waals surface area contributed by atoms with Crippen molar-refractivity contribution in [3.63, 3.8) is 0 Å². The quantitative estimate of drug-likeness (QED) is 0.331. The highest BCUT2D eigenvalue weighted by molar-refractivity contribution is 7.99. The van der Waals surface area contributed by atoms with E-state index < -0.39 is 0 Å². The van der Waals surface area contributed by atoms with Crippen LogP contribution in [-0.4, -0.2) is 54.2 Å². The maximum absolute atomic E-state index is 12.8. The molecule has 7 nitrogen and oxygen atoms in total. The van der Waals surface area contributed by atoms with Crippen LogP contribution in [0.1, 0.15) is 26.7 Å². The SMILES string of the molecule is COCCCn1c(SCC(=O)NCCCOC(C)C)nc2ccccc2c1=O. The van der Waals surface area contributed by atoms with Crippen LogP contribution in [-0.2, 0) is 20.8 Å². The van der Waals surface area contributed by atoms with Gasteiger partial charge >= 0.3 is 0 Å². The summed E-state index contributed by atoms with van der Waals surface area (Å²) in [6.45, 7) is 6.22. The van der Waals surface area contributed by atoms with Crippen LogP contribution in [0.3, 0.4) is 0 Å². The molecule has 0 atom stereocenters. The van der Waals surface area contributed by atoms with Gasteiger partial charge in [-0.15, -0.1) is 0 Å². The summed E-state index contributed by atoms with van der Waals surface area (Å²) in [5, 5.41) is 4.01. The molecule has 1 heterocycles. The molecule has 0 saturated heterocycles. The lowest BCUT2D eigenvalue weighted by molar-refractivity contribution is -0.118. The number of methoxy groups -OCH3 is 1. The zero-order chi connectivity index (χ0) is 20.4. The van der Waals surface area contributed by atoms with Crippen LogP contribution in [0.2, 0.25) is 0 Å². The Morgan fingerprint density at radius 1 is 1.25 bits per heavy atom. The van der Waals surface area contributed by atoms with Gasteiger partial charge in [-0.2, -0.15) is 0 Å². The normalized spacial score (nSPS) is 11.3. The Morgan fingerprint density at radius 2 is 2.04 bits per heavy atom. The fourth-order valence-electron chi connectivity index (χ4n) is 2.62. The number of benzene rings is 1. The molecule has 0 radical (unpaired) electrons. The van der Waals surface area contributed by atoms with E-state index in [-0.39, 0.29) is 23.3 Å². The summed E-state index contributed by atoms with van der Waals surface area (Å²) in [6, 6.07) is 7.27. The van der Waals surface area contributed by atoms with Crippen molar-refractivity contribution in [1.29, 1.82) is 0 Å². The third kappa shape index (κ3) is 6.92. The van der Waals surface area contributed by atoms with Crippen molar-refractivity contribution in [3.05, 3.63) is 34.6 Å². The molecule has 0 aliphatic heterocycles. The van der Waals surface area contributed by atoms with Gasteiger partial charge in [0, 0.05) is 33.4 Å². The smallest absolute Gasteiger partial charge is 0.262 e. The Bertz CT molecular complexity index is 823. The molecular weight excluding hydrogens is 378 g/mol. The molecule has 0 saturated carbocycles. The van der Waals surface area contributed by atoms with E-state index in [9.17, 15) is 9.59 Å². The van der Waals surface area contributed by atoms with Crippen LogP contribution in [0.5, 0.6) is 0 Å². The first-order chi connectivity index (χ1) is 13.5. The first kappa shape index (κ1) is 22.4. The zero-order valence-corrected chi connectivity index (χ0v) is 17.6. The third-order valence-corrected chi connectivity index (χ3v) is 4.96. The number of hydrogen-bond acceptors (Lipinski definition) is 6. The molecule has 1 aromatic heterocycles. The van der Waals surface area contributed by atoms with E-state index in [1.807, 2.05) is 32.0 Å². The van der Waals surface area contributed by atoms with E-state index in [2.05, 4.69) is 10.3 Å². The van der Waals surface area contributed by atoms with Crippen molar-refractivity contribution < 1.29 is 14.3 Å². The Balaban J connectivity index is 2.00. The summed E-state index contributed by atoms with van der Waals surface area (Å²) in [6.07, 6.45) is 1.66. The molecule has 8 heteroatoms. The van der Waals surface area contributed by atoms with Gasteiger partial charge < -0.3 is 14.8 Å². The second-order valence-electron chi connectivity index (χ2n) is 6.63. The van der Waals surface area contributed by atoms with Crippen LogP contribution < -0.4 is 10.9 Å². The van der Waals surface area contributed by atoms with Crippen molar-refractivity contribution in [1.82, 2.24) is 14.9 Å². The summed E-state index contributed by atoms with van der Waals surface area (Å²) in [5.41, 5.74) is 0.555. The monoisotopic (exact) mass is 407 g/mol. The molecule has 28 heavy (non-hydrogen) atoms. The van der Waals surface area contributed by atoms with E-state index >= 15 is 0 Å². The molecule has 0 fully saturated rings. The van der Waals surface area contributed by atoms with E-state index in [0.29, 0.717) is 48.8 Å². The Hall–Kier alpha value is -1.90. The van der Waals surface area contributed by atoms with Crippen LogP contribution >= 0.6 is 11.8 Å². The van der Waals surface area contributed by atoms with Crippen molar-refractivity contribution in [2.45, 2.75) is 44.5 Å². The first-order valence-corrected chi connectivity index (χ1v) is 10.5. The number of rotatable bonds is 12. The van der Waals surface area contributed by atoms with Crippen LogP contribution in [0, 0.1) is 0 Å². The maximum atomic E-state index is 12.8. The van der Waals surface area contributed by atoms with Crippen molar-refractivity contribution in [2.24, 2.45) is 0 Å². The minimum absolute atomic E-state index is 0.0830. The Morgan fingerprint density at radius 3 is 2.79 bits per heavy atom. The average molecular weight is 408 g/mol. The molecule has 0 bridgehead atoms. The average Bonchev–Trinajstić information content (AvgIpc) is 2.68. The van der Waals surface area contributed by atoms with Gasteiger partial charge in [0.2, 0.25) is 5.91 Å². The van der Waals surface area contributed by atoms with Crippen molar-refractivity contribution in [2.75, 3.05) is 32.6 Å². The van der Waals surface area contributed by atoms with Crippen LogP contribution in [0.15, 0.2) is 34.2 Å². The summed E-state index contributed by atoms with van der Waals surface area (Å²) >= 11 is 1.28. The maximum Gasteiger partial charge on any atom is 0.262 e. The van der Waals surface area contributed by atoms with Gasteiger partial charge in [-0.05, 0) is 38.8 Å². The third-order valence-electron chi connectivity index (χ3n) is 3.98.